The van der Waals surface area contributed by atoms with E-state index in [2.05, 4.69) is 0 Å². The highest BCUT2D eigenvalue weighted by Crippen LogP contribution is 2.12. The van der Waals surface area contributed by atoms with Gasteiger partial charge in [0.05, 0.1) is 0 Å². The minimum absolute atomic E-state index is 0.223. The topological polar surface area (TPSA) is 34.1 Å². The number of hydrogen-bond acceptors (Lipinski definition) is 2. The molecule has 17 heavy (non-hydrogen) atoms. The molecule has 0 rings (SSSR count). The summed E-state index contributed by atoms with van der Waals surface area (Å²) < 4.78 is 0. The molecule has 0 radical (unpaired) electrons. The van der Waals surface area contributed by atoms with E-state index in [0.717, 1.165) is 25.7 Å². The average molecular weight is 281 g/mol. The Kier molecular flexibility index (Phi) is 12.3. The van der Waals surface area contributed by atoms with E-state index in [0.29, 0.717) is 12.8 Å². The smallest absolute Gasteiger partial charge is 0.221 e. The molecule has 0 spiro atoms. The van der Waals surface area contributed by atoms with Gasteiger partial charge in [-0.25, -0.2) is 0 Å². The van der Waals surface area contributed by atoms with Crippen LogP contribution in [0.5, 0.6) is 0 Å². The summed E-state index contributed by atoms with van der Waals surface area (Å²) in [5.41, 5.74) is 0. The summed E-state index contributed by atoms with van der Waals surface area (Å²) in [4.78, 5) is 20.9. The SMILES string of the molecule is O=C(Cl)CCCCCCCCCCCC(=O)Cl. The maximum Gasteiger partial charge on any atom is 0.221 e. The molecule has 0 N–H and O–H groups in total. The van der Waals surface area contributed by atoms with Crippen LogP contribution < -0.4 is 0 Å². The molecule has 0 bridgehead atoms. The van der Waals surface area contributed by atoms with Gasteiger partial charge in [-0.2, -0.15) is 0 Å². The number of halogens is 2. The Balaban J connectivity index is 2.98. The zero-order valence-corrected chi connectivity index (χ0v) is 11.9. The summed E-state index contributed by atoms with van der Waals surface area (Å²) >= 11 is 10.5. The predicted molar refractivity (Wildman–Crippen MR) is 72.5 cm³/mol. The monoisotopic (exact) mass is 280 g/mol. The van der Waals surface area contributed by atoms with E-state index in [4.69, 9.17) is 23.2 Å². The van der Waals surface area contributed by atoms with Crippen molar-refractivity contribution in [2.45, 2.75) is 70.6 Å². The summed E-state index contributed by atoms with van der Waals surface area (Å²) in [6.07, 6.45) is 11.1. The third kappa shape index (κ3) is 15.9. The molecule has 0 atom stereocenters. The lowest BCUT2D eigenvalue weighted by atomic mass is 10.1. The Labute approximate surface area is 114 Å². The minimum Gasteiger partial charge on any atom is -0.281 e. The molecule has 0 aromatic rings. The third-order valence-corrected chi connectivity index (χ3v) is 3.12. The molecule has 4 heteroatoms. The van der Waals surface area contributed by atoms with Crippen LogP contribution in [0.15, 0.2) is 0 Å². The zero-order chi connectivity index (χ0) is 12.9. The number of carbonyl (C=O) groups is 2. The molecule has 0 heterocycles. The molecule has 0 saturated heterocycles. The van der Waals surface area contributed by atoms with Crippen LogP contribution in [0.1, 0.15) is 70.6 Å². The van der Waals surface area contributed by atoms with Crippen LogP contribution >= 0.6 is 23.2 Å². The summed E-state index contributed by atoms with van der Waals surface area (Å²) in [5, 5.41) is -0.447. The molecule has 0 saturated carbocycles. The van der Waals surface area contributed by atoms with Gasteiger partial charge in [0.1, 0.15) is 0 Å². The molecule has 0 amide bonds. The van der Waals surface area contributed by atoms with Crippen molar-refractivity contribution in [2.24, 2.45) is 0 Å². The van der Waals surface area contributed by atoms with E-state index in [9.17, 15) is 9.59 Å². The normalized spacial score (nSPS) is 10.5. The van der Waals surface area contributed by atoms with Gasteiger partial charge in [-0.3, -0.25) is 9.59 Å². The second kappa shape index (κ2) is 12.4. The van der Waals surface area contributed by atoms with Crippen LogP contribution in [0.3, 0.4) is 0 Å². The standard InChI is InChI=1S/C13H22Cl2O2/c14-12(16)10-8-6-4-2-1-3-5-7-9-11-13(15)17/h1-11H2. The third-order valence-electron chi connectivity index (χ3n) is 2.75. The van der Waals surface area contributed by atoms with Gasteiger partial charge in [-0.05, 0) is 36.0 Å². The fourth-order valence-electron chi connectivity index (χ4n) is 1.77. The van der Waals surface area contributed by atoms with Gasteiger partial charge in [0, 0.05) is 12.8 Å². The molecular weight excluding hydrogens is 259 g/mol. The van der Waals surface area contributed by atoms with Crippen molar-refractivity contribution in [1.82, 2.24) is 0 Å². The van der Waals surface area contributed by atoms with Crippen molar-refractivity contribution >= 4 is 33.7 Å². The Bertz CT molecular complexity index is 195. The second-order valence-electron chi connectivity index (χ2n) is 4.39. The molecular formula is C13H22Cl2O2. The predicted octanol–water partition coefficient (Wildman–Crippen LogP) is 4.81. The quantitative estimate of drug-likeness (QED) is 0.380. The van der Waals surface area contributed by atoms with Crippen molar-refractivity contribution in [2.75, 3.05) is 0 Å². The van der Waals surface area contributed by atoms with Gasteiger partial charge < -0.3 is 0 Å². The molecule has 2 nitrogen and oxygen atoms in total. The first kappa shape index (κ1) is 16.9. The van der Waals surface area contributed by atoms with Crippen molar-refractivity contribution in [3.8, 4) is 0 Å². The van der Waals surface area contributed by atoms with E-state index in [1.807, 2.05) is 0 Å². The summed E-state index contributed by atoms with van der Waals surface area (Å²) in [6.45, 7) is 0. The van der Waals surface area contributed by atoms with E-state index in [-0.39, 0.29) is 10.5 Å². The molecule has 0 aliphatic carbocycles. The number of carbonyl (C=O) groups excluding carboxylic acids is 2. The molecule has 0 aliphatic heterocycles. The highest BCUT2D eigenvalue weighted by Gasteiger charge is 1.97. The van der Waals surface area contributed by atoms with Crippen LogP contribution in [-0.2, 0) is 9.59 Å². The zero-order valence-electron chi connectivity index (χ0n) is 10.4. The maximum atomic E-state index is 10.5. The van der Waals surface area contributed by atoms with E-state index in [1.165, 1.54) is 32.1 Å². The summed E-state index contributed by atoms with van der Waals surface area (Å²) in [6, 6.07) is 0. The van der Waals surface area contributed by atoms with Crippen LogP contribution in [0, 0.1) is 0 Å². The maximum absolute atomic E-state index is 10.5. The first-order chi connectivity index (χ1) is 8.13. The number of unbranched alkanes of at least 4 members (excludes halogenated alkanes) is 8. The lowest BCUT2D eigenvalue weighted by Gasteiger charge is -2.01. The Morgan fingerprint density at radius 3 is 1.00 bits per heavy atom. The first-order valence-electron chi connectivity index (χ1n) is 6.49. The summed E-state index contributed by atoms with van der Waals surface area (Å²) in [7, 11) is 0. The fraction of sp³-hybridized carbons (Fsp3) is 0.846. The molecule has 0 fully saturated rings. The fourth-order valence-corrected chi connectivity index (χ4v) is 2.03. The second-order valence-corrected chi connectivity index (χ2v) is 5.24. The van der Waals surface area contributed by atoms with Gasteiger partial charge in [0.25, 0.3) is 0 Å². The van der Waals surface area contributed by atoms with Crippen LogP contribution in [-0.4, -0.2) is 10.5 Å². The van der Waals surface area contributed by atoms with Crippen molar-refractivity contribution in [3.63, 3.8) is 0 Å². The van der Waals surface area contributed by atoms with Crippen LogP contribution in [0.4, 0.5) is 0 Å². The first-order valence-corrected chi connectivity index (χ1v) is 7.25. The van der Waals surface area contributed by atoms with Crippen LogP contribution in [0.25, 0.3) is 0 Å². The molecule has 0 unspecified atom stereocenters. The molecule has 0 aliphatic rings. The van der Waals surface area contributed by atoms with Crippen molar-refractivity contribution in [3.05, 3.63) is 0 Å². The average Bonchev–Trinajstić information content (AvgIpc) is 2.25. The highest BCUT2D eigenvalue weighted by molar-refractivity contribution is 6.63. The number of hydrogen-bond donors (Lipinski definition) is 0. The Morgan fingerprint density at radius 1 is 0.529 bits per heavy atom. The van der Waals surface area contributed by atoms with Crippen molar-refractivity contribution < 1.29 is 9.59 Å². The minimum atomic E-state index is -0.223. The van der Waals surface area contributed by atoms with E-state index < -0.39 is 0 Å². The van der Waals surface area contributed by atoms with Gasteiger partial charge in [-0.15, -0.1) is 0 Å². The highest BCUT2D eigenvalue weighted by atomic mass is 35.5. The van der Waals surface area contributed by atoms with Crippen LogP contribution in [0.2, 0.25) is 0 Å². The summed E-state index contributed by atoms with van der Waals surface area (Å²) in [5.74, 6) is 0. The van der Waals surface area contributed by atoms with Gasteiger partial charge in [-0.1, -0.05) is 44.9 Å². The van der Waals surface area contributed by atoms with E-state index in [1.54, 1.807) is 0 Å². The van der Waals surface area contributed by atoms with Gasteiger partial charge in [0.2, 0.25) is 10.5 Å². The largest absolute Gasteiger partial charge is 0.281 e. The molecule has 0 aromatic carbocycles. The molecule has 0 aromatic heterocycles. The Hall–Kier alpha value is -0.0800. The lowest BCUT2D eigenvalue weighted by molar-refractivity contribution is -0.112. The van der Waals surface area contributed by atoms with E-state index >= 15 is 0 Å². The van der Waals surface area contributed by atoms with Crippen molar-refractivity contribution in [1.29, 1.82) is 0 Å². The lowest BCUT2D eigenvalue weighted by Crippen LogP contribution is -1.87. The Morgan fingerprint density at radius 2 is 0.765 bits per heavy atom. The van der Waals surface area contributed by atoms with Gasteiger partial charge >= 0.3 is 0 Å². The van der Waals surface area contributed by atoms with Gasteiger partial charge in [0.15, 0.2) is 0 Å². The molecule has 100 valence electrons. The number of rotatable bonds is 12.